The van der Waals surface area contributed by atoms with Gasteiger partial charge in [-0.15, -0.1) is 0 Å². The third kappa shape index (κ3) is 3.83. The summed E-state index contributed by atoms with van der Waals surface area (Å²) in [4.78, 5) is 2.47. The van der Waals surface area contributed by atoms with E-state index in [0.29, 0.717) is 12.1 Å². The van der Waals surface area contributed by atoms with Gasteiger partial charge in [-0.3, -0.25) is 4.90 Å². The number of furan rings is 1. The summed E-state index contributed by atoms with van der Waals surface area (Å²) in [5.74, 6) is 0.996. The second-order valence-corrected chi connectivity index (χ2v) is 5.07. The van der Waals surface area contributed by atoms with Crippen LogP contribution in [0.3, 0.4) is 0 Å². The molecule has 4 heteroatoms. The Hall–Kier alpha value is -0.840. The predicted octanol–water partition coefficient (Wildman–Crippen LogP) is 1.87. The minimum absolute atomic E-state index is 0.531. The molecule has 1 aromatic heterocycles. The molecule has 0 radical (unpaired) electrons. The molecule has 18 heavy (non-hydrogen) atoms. The molecule has 2 heterocycles. The quantitative estimate of drug-likeness (QED) is 0.838. The topological polar surface area (TPSA) is 37.6 Å². The first-order valence-corrected chi connectivity index (χ1v) is 6.80. The van der Waals surface area contributed by atoms with Gasteiger partial charge in [0, 0.05) is 31.8 Å². The van der Waals surface area contributed by atoms with Gasteiger partial charge < -0.3 is 14.5 Å². The highest BCUT2D eigenvalue weighted by Gasteiger charge is 2.21. The third-order valence-electron chi connectivity index (χ3n) is 3.78. The van der Waals surface area contributed by atoms with Crippen LogP contribution in [0.5, 0.6) is 0 Å². The Morgan fingerprint density at radius 3 is 2.89 bits per heavy atom. The lowest BCUT2D eigenvalue weighted by atomic mass is 10.1. The molecule has 2 rings (SSSR count). The normalized spacial score (nSPS) is 19.3. The van der Waals surface area contributed by atoms with E-state index in [2.05, 4.69) is 24.2 Å². The van der Waals surface area contributed by atoms with Crippen LogP contribution in [-0.2, 0) is 11.3 Å². The molecule has 4 nitrogen and oxygen atoms in total. The molecule has 1 aliphatic heterocycles. The smallest absolute Gasteiger partial charge is 0.117 e. The summed E-state index contributed by atoms with van der Waals surface area (Å²) < 4.78 is 10.7. The van der Waals surface area contributed by atoms with E-state index in [0.717, 1.165) is 44.9 Å². The maximum atomic E-state index is 5.41. The number of rotatable bonds is 6. The zero-order valence-electron chi connectivity index (χ0n) is 11.4. The SMILES string of the molecule is CC(CNCc1ccco1)N(C)C1CCOCC1. The van der Waals surface area contributed by atoms with E-state index in [1.54, 1.807) is 6.26 Å². The molecule has 1 atom stereocenters. The summed E-state index contributed by atoms with van der Waals surface area (Å²) in [6, 6.07) is 5.12. The van der Waals surface area contributed by atoms with E-state index in [1.165, 1.54) is 0 Å². The molecular formula is C14H24N2O2. The summed E-state index contributed by atoms with van der Waals surface area (Å²) in [6.07, 6.45) is 4.02. The average molecular weight is 252 g/mol. The molecule has 1 N–H and O–H groups in total. The van der Waals surface area contributed by atoms with Crippen LogP contribution in [-0.4, -0.2) is 43.8 Å². The van der Waals surface area contributed by atoms with Gasteiger partial charge in [-0.05, 0) is 38.9 Å². The van der Waals surface area contributed by atoms with Crippen molar-refractivity contribution in [2.24, 2.45) is 0 Å². The number of hydrogen-bond acceptors (Lipinski definition) is 4. The van der Waals surface area contributed by atoms with Gasteiger partial charge in [0.25, 0.3) is 0 Å². The fourth-order valence-corrected chi connectivity index (χ4v) is 2.41. The van der Waals surface area contributed by atoms with E-state index in [-0.39, 0.29) is 0 Å². The molecule has 0 saturated carbocycles. The second-order valence-electron chi connectivity index (χ2n) is 5.07. The van der Waals surface area contributed by atoms with Crippen LogP contribution < -0.4 is 5.32 Å². The average Bonchev–Trinajstić information content (AvgIpc) is 2.92. The summed E-state index contributed by atoms with van der Waals surface area (Å²) in [7, 11) is 2.22. The Kier molecular flexibility index (Phi) is 5.23. The Morgan fingerprint density at radius 2 is 2.22 bits per heavy atom. The number of nitrogens with one attached hydrogen (secondary N) is 1. The minimum atomic E-state index is 0.531. The van der Waals surface area contributed by atoms with Gasteiger partial charge in [-0.25, -0.2) is 0 Å². The first kappa shape index (κ1) is 13.6. The second kappa shape index (κ2) is 6.92. The highest BCUT2D eigenvalue weighted by Crippen LogP contribution is 2.14. The van der Waals surface area contributed by atoms with Crippen molar-refractivity contribution in [3.63, 3.8) is 0 Å². The summed E-state index contributed by atoms with van der Waals surface area (Å²) in [5.41, 5.74) is 0. The molecular weight excluding hydrogens is 228 g/mol. The van der Waals surface area contributed by atoms with Crippen molar-refractivity contribution in [1.82, 2.24) is 10.2 Å². The molecule has 0 aliphatic carbocycles. The van der Waals surface area contributed by atoms with Crippen LogP contribution in [0.2, 0.25) is 0 Å². The van der Waals surface area contributed by atoms with E-state index in [4.69, 9.17) is 9.15 Å². The van der Waals surface area contributed by atoms with Gasteiger partial charge in [-0.1, -0.05) is 0 Å². The van der Waals surface area contributed by atoms with Crippen molar-refractivity contribution in [2.75, 3.05) is 26.8 Å². The molecule has 1 aliphatic rings. The lowest BCUT2D eigenvalue weighted by molar-refractivity contribution is 0.0311. The van der Waals surface area contributed by atoms with Crippen LogP contribution >= 0.6 is 0 Å². The molecule has 1 aromatic rings. The number of hydrogen-bond donors (Lipinski definition) is 1. The van der Waals surface area contributed by atoms with Crippen molar-refractivity contribution < 1.29 is 9.15 Å². The van der Waals surface area contributed by atoms with Crippen LogP contribution in [0.15, 0.2) is 22.8 Å². The van der Waals surface area contributed by atoms with Gasteiger partial charge in [-0.2, -0.15) is 0 Å². The largest absolute Gasteiger partial charge is 0.468 e. The van der Waals surface area contributed by atoms with Crippen molar-refractivity contribution in [1.29, 1.82) is 0 Å². The molecule has 0 amide bonds. The van der Waals surface area contributed by atoms with Crippen LogP contribution in [0, 0.1) is 0 Å². The fourth-order valence-electron chi connectivity index (χ4n) is 2.41. The number of ether oxygens (including phenoxy) is 1. The lowest BCUT2D eigenvalue weighted by Crippen LogP contribution is -2.45. The van der Waals surface area contributed by atoms with E-state index in [1.807, 2.05) is 12.1 Å². The van der Waals surface area contributed by atoms with Gasteiger partial charge >= 0.3 is 0 Å². The summed E-state index contributed by atoms with van der Waals surface area (Å²) >= 11 is 0. The maximum absolute atomic E-state index is 5.41. The lowest BCUT2D eigenvalue weighted by Gasteiger charge is -2.35. The maximum Gasteiger partial charge on any atom is 0.117 e. The molecule has 0 bridgehead atoms. The third-order valence-corrected chi connectivity index (χ3v) is 3.78. The van der Waals surface area contributed by atoms with Gasteiger partial charge in [0.1, 0.15) is 5.76 Å². The number of nitrogens with zero attached hydrogens (tertiary/aromatic N) is 1. The van der Waals surface area contributed by atoms with Crippen LogP contribution in [0.25, 0.3) is 0 Å². The standard InChI is InChI=1S/C14H24N2O2/c1-12(10-15-11-14-4-3-7-18-14)16(2)13-5-8-17-9-6-13/h3-4,7,12-13,15H,5-6,8-11H2,1-2H3. The fraction of sp³-hybridized carbons (Fsp3) is 0.714. The Bertz CT molecular complexity index is 321. The first-order valence-electron chi connectivity index (χ1n) is 6.80. The van der Waals surface area contributed by atoms with Gasteiger partial charge in [0.15, 0.2) is 0 Å². The zero-order chi connectivity index (χ0) is 12.8. The molecule has 0 spiro atoms. The van der Waals surface area contributed by atoms with Crippen LogP contribution in [0.1, 0.15) is 25.5 Å². The monoisotopic (exact) mass is 252 g/mol. The summed E-state index contributed by atoms with van der Waals surface area (Å²) in [6.45, 7) is 5.86. The van der Waals surface area contributed by atoms with E-state index in [9.17, 15) is 0 Å². The highest BCUT2D eigenvalue weighted by atomic mass is 16.5. The van der Waals surface area contributed by atoms with Gasteiger partial charge in [0.2, 0.25) is 0 Å². The predicted molar refractivity (Wildman–Crippen MR) is 71.5 cm³/mol. The zero-order valence-corrected chi connectivity index (χ0v) is 11.4. The summed E-state index contributed by atoms with van der Waals surface area (Å²) in [5, 5.41) is 3.44. The molecule has 1 saturated heterocycles. The molecule has 1 unspecified atom stereocenters. The van der Waals surface area contributed by atoms with Crippen molar-refractivity contribution >= 4 is 0 Å². The van der Waals surface area contributed by atoms with Crippen molar-refractivity contribution in [2.45, 2.75) is 38.4 Å². The minimum Gasteiger partial charge on any atom is -0.468 e. The Labute approximate surface area is 109 Å². The highest BCUT2D eigenvalue weighted by molar-refractivity contribution is 4.97. The van der Waals surface area contributed by atoms with E-state index < -0.39 is 0 Å². The Balaban J connectivity index is 1.68. The molecule has 102 valence electrons. The molecule has 1 fully saturated rings. The van der Waals surface area contributed by atoms with Gasteiger partial charge in [0.05, 0.1) is 12.8 Å². The Morgan fingerprint density at radius 1 is 1.44 bits per heavy atom. The van der Waals surface area contributed by atoms with Crippen LogP contribution in [0.4, 0.5) is 0 Å². The van der Waals surface area contributed by atoms with Crippen molar-refractivity contribution in [3.05, 3.63) is 24.2 Å². The van der Waals surface area contributed by atoms with E-state index >= 15 is 0 Å². The van der Waals surface area contributed by atoms with Crippen molar-refractivity contribution in [3.8, 4) is 0 Å². The number of likely N-dealkylation sites (N-methyl/N-ethyl adjacent to an activating group) is 1. The first-order chi connectivity index (χ1) is 8.77. The molecule has 0 aromatic carbocycles.